The quantitative estimate of drug-likeness (QED) is 0.629. The van der Waals surface area contributed by atoms with Crippen molar-refractivity contribution >= 4 is 16.5 Å². The monoisotopic (exact) mass is 181 g/mol. The van der Waals surface area contributed by atoms with Crippen molar-refractivity contribution in [1.82, 2.24) is 10.3 Å². The maximum atomic E-state index is 5.67. The lowest BCUT2D eigenvalue weighted by molar-refractivity contribution is 0.516. The van der Waals surface area contributed by atoms with Gasteiger partial charge in [-0.25, -0.2) is 4.98 Å². The molecular weight excluding hydrogens is 170 g/mol. The molecule has 2 bridgehead atoms. The van der Waals surface area contributed by atoms with E-state index in [9.17, 15) is 0 Å². The van der Waals surface area contributed by atoms with Crippen molar-refractivity contribution in [1.29, 1.82) is 0 Å². The molecule has 0 amide bonds. The number of nitrogens with one attached hydrogen (secondary N) is 1. The maximum Gasteiger partial charge on any atom is 0.180 e. The molecule has 0 saturated carbocycles. The summed E-state index contributed by atoms with van der Waals surface area (Å²) in [6, 6.07) is 1.23. The molecule has 2 atom stereocenters. The van der Waals surface area contributed by atoms with Crippen LogP contribution in [0.15, 0.2) is 0 Å². The topological polar surface area (TPSA) is 50.9 Å². The fourth-order valence-electron chi connectivity index (χ4n) is 2.22. The van der Waals surface area contributed by atoms with Crippen LogP contribution >= 0.6 is 11.3 Å². The first-order valence-electron chi connectivity index (χ1n) is 4.34. The van der Waals surface area contributed by atoms with Crippen LogP contribution in [0.25, 0.3) is 0 Å². The van der Waals surface area contributed by atoms with E-state index in [1.54, 1.807) is 11.3 Å². The number of nitrogen functional groups attached to an aromatic ring is 1. The number of fused-ring (bicyclic) bond motifs is 4. The molecular formula is C8H11N3S. The standard InChI is InChI=1S/C8H11N3S/c9-8-11-6-3-4-1-2-5(10-4)7(6)12-8/h4-5,10H,1-3H2,(H2,9,11)/t4-,5+/m0/s1. The Morgan fingerprint density at radius 1 is 1.50 bits per heavy atom. The molecule has 12 heavy (non-hydrogen) atoms. The van der Waals surface area contributed by atoms with Crippen LogP contribution < -0.4 is 11.1 Å². The van der Waals surface area contributed by atoms with E-state index in [-0.39, 0.29) is 0 Å². The van der Waals surface area contributed by atoms with Gasteiger partial charge in [0.25, 0.3) is 0 Å². The molecule has 1 fully saturated rings. The van der Waals surface area contributed by atoms with Gasteiger partial charge in [0, 0.05) is 23.4 Å². The van der Waals surface area contributed by atoms with Crippen molar-refractivity contribution in [2.24, 2.45) is 0 Å². The summed E-state index contributed by atoms with van der Waals surface area (Å²) in [6.45, 7) is 0. The summed E-state index contributed by atoms with van der Waals surface area (Å²) in [4.78, 5) is 5.74. The first kappa shape index (κ1) is 6.86. The summed E-state index contributed by atoms with van der Waals surface area (Å²) in [7, 11) is 0. The summed E-state index contributed by atoms with van der Waals surface area (Å²) >= 11 is 1.65. The number of thiazole rings is 1. The first-order valence-corrected chi connectivity index (χ1v) is 5.15. The number of rotatable bonds is 0. The zero-order chi connectivity index (χ0) is 8.13. The van der Waals surface area contributed by atoms with Gasteiger partial charge in [-0.15, -0.1) is 11.3 Å². The average Bonchev–Trinajstić information content (AvgIpc) is 2.57. The van der Waals surface area contributed by atoms with E-state index in [0.717, 1.165) is 11.6 Å². The van der Waals surface area contributed by atoms with Crippen LogP contribution in [0, 0.1) is 0 Å². The van der Waals surface area contributed by atoms with Crippen molar-refractivity contribution in [3.8, 4) is 0 Å². The van der Waals surface area contributed by atoms with Crippen LogP contribution in [0.1, 0.15) is 29.5 Å². The second kappa shape index (κ2) is 2.20. The molecule has 0 unspecified atom stereocenters. The minimum Gasteiger partial charge on any atom is -0.375 e. The second-order valence-electron chi connectivity index (χ2n) is 3.56. The SMILES string of the molecule is Nc1nc2c(s1)[C@H]1CC[C@@H](C2)N1. The molecule has 1 aromatic heterocycles. The van der Waals surface area contributed by atoms with E-state index in [4.69, 9.17) is 5.73 Å². The van der Waals surface area contributed by atoms with Crippen LogP contribution in [-0.2, 0) is 6.42 Å². The van der Waals surface area contributed by atoms with E-state index in [0.29, 0.717) is 12.1 Å². The molecule has 3 N–H and O–H groups in total. The van der Waals surface area contributed by atoms with Gasteiger partial charge in [0.15, 0.2) is 5.13 Å². The summed E-state index contributed by atoms with van der Waals surface area (Å²) in [6.07, 6.45) is 3.65. The molecule has 3 heterocycles. The van der Waals surface area contributed by atoms with Gasteiger partial charge in [0.2, 0.25) is 0 Å². The highest BCUT2D eigenvalue weighted by Crippen LogP contribution is 2.39. The van der Waals surface area contributed by atoms with Crippen LogP contribution in [-0.4, -0.2) is 11.0 Å². The Hall–Kier alpha value is -0.610. The van der Waals surface area contributed by atoms with Crippen LogP contribution in [0.2, 0.25) is 0 Å². The molecule has 0 spiro atoms. The predicted octanol–water partition coefficient (Wildman–Crippen LogP) is 1.07. The maximum absolute atomic E-state index is 5.67. The van der Waals surface area contributed by atoms with Gasteiger partial charge < -0.3 is 11.1 Å². The molecule has 1 aromatic rings. The highest BCUT2D eigenvalue weighted by atomic mass is 32.1. The highest BCUT2D eigenvalue weighted by molar-refractivity contribution is 7.15. The summed E-state index contributed by atoms with van der Waals surface area (Å²) < 4.78 is 0. The normalized spacial score (nSPS) is 32.0. The number of nitrogens with zero attached hydrogens (tertiary/aromatic N) is 1. The van der Waals surface area contributed by atoms with Gasteiger partial charge in [-0.05, 0) is 12.8 Å². The Labute approximate surface area is 75.0 Å². The van der Waals surface area contributed by atoms with Gasteiger partial charge in [0.05, 0.1) is 5.69 Å². The molecule has 64 valence electrons. The largest absolute Gasteiger partial charge is 0.375 e. The van der Waals surface area contributed by atoms with Gasteiger partial charge >= 0.3 is 0 Å². The molecule has 0 aliphatic carbocycles. The fraction of sp³-hybridized carbons (Fsp3) is 0.625. The van der Waals surface area contributed by atoms with Crippen molar-refractivity contribution in [2.75, 3.05) is 5.73 Å². The Bertz CT molecular complexity index is 320. The minimum atomic E-state index is 0.563. The van der Waals surface area contributed by atoms with Crippen molar-refractivity contribution < 1.29 is 0 Å². The predicted molar refractivity (Wildman–Crippen MR) is 49.1 cm³/mol. The second-order valence-corrected chi connectivity index (χ2v) is 4.62. The summed E-state index contributed by atoms with van der Waals surface area (Å²) in [5.41, 5.74) is 6.92. The number of anilines is 1. The number of hydrogen-bond donors (Lipinski definition) is 2. The van der Waals surface area contributed by atoms with Crippen LogP contribution in [0.3, 0.4) is 0 Å². The fourth-order valence-corrected chi connectivity index (χ4v) is 3.18. The molecule has 2 aliphatic heterocycles. The third-order valence-electron chi connectivity index (χ3n) is 2.74. The number of aromatic nitrogens is 1. The van der Waals surface area contributed by atoms with E-state index < -0.39 is 0 Å². The third-order valence-corrected chi connectivity index (χ3v) is 3.78. The zero-order valence-electron chi connectivity index (χ0n) is 6.71. The third kappa shape index (κ3) is 0.820. The van der Waals surface area contributed by atoms with Crippen LogP contribution in [0.4, 0.5) is 5.13 Å². The molecule has 3 nitrogen and oxygen atoms in total. The molecule has 2 aliphatic rings. The molecule has 0 radical (unpaired) electrons. The Kier molecular flexibility index (Phi) is 1.26. The zero-order valence-corrected chi connectivity index (χ0v) is 7.53. The summed E-state index contributed by atoms with van der Waals surface area (Å²) in [5.74, 6) is 0. The number of nitrogens with two attached hydrogens (primary N) is 1. The minimum absolute atomic E-state index is 0.563. The molecule has 3 rings (SSSR count). The van der Waals surface area contributed by atoms with Gasteiger partial charge in [0.1, 0.15) is 0 Å². The van der Waals surface area contributed by atoms with E-state index >= 15 is 0 Å². The van der Waals surface area contributed by atoms with E-state index in [1.807, 2.05) is 0 Å². The summed E-state index contributed by atoms with van der Waals surface area (Å²) in [5, 5.41) is 4.31. The first-order chi connectivity index (χ1) is 5.83. The Morgan fingerprint density at radius 2 is 2.42 bits per heavy atom. The van der Waals surface area contributed by atoms with Gasteiger partial charge in [-0.2, -0.15) is 0 Å². The Morgan fingerprint density at radius 3 is 3.33 bits per heavy atom. The van der Waals surface area contributed by atoms with Crippen molar-refractivity contribution in [3.63, 3.8) is 0 Å². The van der Waals surface area contributed by atoms with Crippen LogP contribution in [0.5, 0.6) is 0 Å². The van der Waals surface area contributed by atoms with Gasteiger partial charge in [-0.3, -0.25) is 0 Å². The molecule has 0 aromatic carbocycles. The lowest BCUT2D eigenvalue weighted by Gasteiger charge is -2.19. The Balaban J connectivity index is 2.11. The molecule has 1 saturated heterocycles. The van der Waals surface area contributed by atoms with E-state index in [1.165, 1.54) is 23.4 Å². The average molecular weight is 181 g/mol. The lowest BCUT2D eigenvalue weighted by Crippen LogP contribution is -2.30. The van der Waals surface area contributed by atoms with Gasteiger partial charge in [-0.1, -0.05) is 0 Å². The highest BCUT2D eigenvalue weighted by Gasteiger charge is 2.34. The molecule has 4 heteroatoms. The number of hydrogen-bond acceptors (Lipinski definition) is 4. The van der Waals surface area contributed by atoms with Crippen molar-refractivity contribution in [2.45, 2.75) is 31.3 Å². The van der Waals surface area contributed by atoms with E-state index in [2.05, 4.69) is 10.3 Å². The van der Waals surface area contributed by atoms with Crippen molar-refractivity contribution in [3.05, 3.63) is 10.6 Å². The smallest absolute Gasteiger partial charge is 0.180 e. The lowest BCUT2D eigenvalue weighted by atomic mass is 10.1.